The molecule has 148 valence electrons. The molecule has 1 aliphatic heterocycles. The average Bonchev–Trinajstić information content (AvgIpc) is 3.13. The van der Waals surface area contributed by atoms with Crippen molar-refractivity contribution < 1.29 is 9.69 Å². The summed E-state index contributed by atoms with van der Waals surface area (Å²) in [5, 5.41) is 0.808. The molecular weight excluding hydrogens is 396 g/mol. The maximum Gasteiger partial charge on any atom is 0.233 e. The molecule has 5 aliphatic rings. The lowest BCUT2D eigenvalue weighted by molar-refractivity contribution is -0.962. The monoisotopic (exact) mass is 425 g/mol. The van der Waals surface area contributed by atoms with Crippen molar-refractivity contribution in [1.29, 1.82) is 0 Å². The van der Waals surface area contributed by atoms with Crippen molar-refractivity contribution in [2.45, 2.75) is 53.6 Å². The van der Waals surface area contributed by atoms with Crippen molar-refractivity contribution >= 4 is 41.0 Å². The van der Waals surface area contributed by atoms with Crippen LogP contribution in [0.25, 0.3) is 0 Å². The Morgan fingerprint density at radius 1 is 1.19 bits per heavy atom. The van der Waals surface area contributed by atoms with Gasteiger partial charge in [0.15, 0.2) is 4.34 Å². The molecule has 1 N–H and O–H groups in total. The Balaban J connectivity index is 1.14. The van der Waals surface area contributed by atoms with E-state index < -0.39 is 0 Å². The van der Waals surface area contributed by atoms with Crippen molar-refractivity contribution in [3.8, 4) is 0 Å². The van der Waals surface area contributed by atoms with E-state index in [0.29, 0.717) is 11.3 Å². The molecule has 0 radical (unpaired) electrons. The molecule has 0 spiro atoms. The van der Waals surface area contributed by atoms with Gasteiger partial charge in [0.2, 0.25) is 11.1 Å². The number of quaternary nitrogens is 1. The van der Waals surface area contributed by atoms with E-state index in [1.807, 2.05) is 11.2 Å². The van der Waals surface area contributed by atoms with Crippen LogP contribution in [0.5, 0.6) is 0 Å². The largest absolute Gasteiger partial charge is 0.331 e. The highest BCUT2D eigenvalue weighted by Crippen LogP contribution is 2.54. The molecule has 0 aromatic carbocycles. The lowest BCUT2D eigenvalue weighted by Gasteiger charge is -2.59. The number of thioether (sulfide) groups is 2. The third kappa shape index (κ3) is 3.67. The van der Waals surface area contributed by atoms with Crippen LogP contribution in [0.2, 0.25) is 0 Å². The summed E-state index contributed by atoms with van der Waals surface area (Å²) >= 11 is 4.49. The Hall–Kier alpha value is -0.310. The number of amides is 1. The van der Waals surface area contributed by atoms with Gasteiger partial charge >= 0.3 is 0 Å². The van der Waals surface area contributed by atoms with Gasteiger partial charge in [0, 0.05) is 19.3 Å². The smallest absolute Gasteiger partial charge is 0.233 e. The quantitative estimate of drug-likeness (QED) is 0.732. The minimum atomic E-state index is 0.269. The summed E-state index contributed by atoms with van der Waals surface area (Å²) in [4.78, 5) is 21.0. The van der Waals surface area contributed by atoms with E-state index in [1.165, 1.54) is 50.1 Å². The van der Waals surface area contributed by atoms with Gasteiger partial charge in [0.25, 0.3) is 0 Å². The fourth-order valence-electron chi connectivity index (χ4n) is 6.65. The van der Waals surface area contributed by atoms with Crippen LogP contribution >= 0.6 is 35.1 Å². The number of nitrogens with zero attached hydrogens (tertiary/aromatic N) is 3. The number of hydrogen-bond acceptors (Lipinski definition) is 6. The number of aromatic nitrogens is 2. The van der Waals surface area contributed by atoms with E-state index in [4.69, 9.17) is 0 Å². The number of carbonyl (C=O) groups is 1. The fraction of sp³-hybridized carbons (Fsp3) is 0.842. The van der Waals surface area contributed by atoms with Crippen LogP contribution in [0.15, 0.2) is 9.50 Å². The van der Waals surface area contributed by atoms with Crippen LogP contribution in [0, 0.1) is 17.8 Å². The first-order valence-electron chi connectivity index (χ1n) is 10.3. The predicted molar refractivity (Wildman–Crippen MR) is 111 cm³/mol. The highest BCUT2D eigenvalue weighted by molar-refractivity contribution is 8.01. The molecule has 1 aromatic heterocycles. The lowest BCUT2D eigenvalue weighted by atomic mass is 9.52. The molecule has 8 heteroatoms. The molecule has 0 unspecified atom stereocenters. The second kappa shape index (κ2) is 7.50. The minimum Gasteiger partial charge on any atom is -0.331 e. The molecule has 1 amide bonds. The third-order valence-electron chi connectivity index (χ3n) is 7.40. The van der Waals surface area contributed by atoms with Crippen LogP contribution in [0.3, 0.4) is 0 Å². The van der Waals surface area contributed by atoms with Crippen molar-refractivity contribution in [1.82, 2.24) is 14.3 Å². The molecule has 5 fully saturated rings. The first kappa shape index (κ1) is 18.7. The van der Waals surface area contributed by atoms with Gasteiger partial charge in [-0.3, -0.25) is 4.79 Å². The van der Waals surface area contributed by atoms with Gasteiger partial charge in [-0.2, -0.15) is 4.37 Å². The van der Waals surface area contributed by atoms with Gasteiger partial charge in [0.05, 0.1) is 37.5 Å². The number of hydrogen-bond donors (Lipinski definition) is 1. The Bertz CT molecular complexity index is 666. The number of carbonyl (C=O) groups excluding carboxylic acids is 1. The zero-order chi connectivity index (χ0) is 18.4. The first-order valence-corrected chi connectivity index (χ1v) is 13.3. The van der Waals surface area contributed by atoms with Gasteiger partial charge in [-0.15, -0.1) is 0 Å². The van der Waals surface area contributed by atoms with Gasteiger partial charge in [0.1, 0.15) is 0 Å². The van der Waals surface area contributed by atoms with Gasteiger partial charge in [-0.05, 0) is 54.8 Å². The van der Waals surface area contributed by atoms with Crippen molar-refractivity contribution in [2.75, 3.05) is 38.2 Å². The summed E-state index contributed by atoms with van der Waals surface area (Å²) in [6.07, 6.45) is 10.9. The normalized spacial score (nSPS) is 35.7. The molecule has 27 heavy (non-hydrogen) atoms. The molecule has 5 nitrogen and oxygen atoms in total. The summed E-state index contributed by atoms with van der Waals surface area (Å²) in [6.45, 7) is 4.17. The molecule has 4 aliphatic carbocycles. The molecule has 0 atom stereocenters. The van der Waals surface area contributed by atoms with Crippen LogP contribution in [-0.2, 0) is 4.79 Å². The number of nitrogens with one attached hydrogen (secondary N) is 1. The van der Waals surface area contributed by atoms with E-state index in [2.05, 4.69) is 14.3 Å². The summed E-state index contributed by atoms with van der Waals surface area (Å²) < 4.78 is 5.18. The second-order valence-electron chi connectivity index (χ2n) is 9.02. The van der Waals surface area contributed by atoms with E-state index >= 15 is 0 Å². The highest BCUT2D eigenvalue weighted by atomic mass is 32.2. The Kier molecular flexibility index (Phi) is 5.20. The van der Waals surface area contributed by atoms with E-state index in [9.17, 15) is 4.79 Å². The number of piperazine rings is 1. The van der Waals surface area contributed by atoms with Crippen LogP contribution in [0.1, 0.15) is 38.5 Å². The molecule has 4 saturated carbocycles. The first-order chi connectivity index (χ1) is 13.1. The second-order valence-corrected chi connectivity index (χ2v) is 11.8. The van der Waals surface area contributed by atoms with Crippen LogP contribution < -0.4 is 4.90 Å². The van der Waals surface area contributed by atoms with Crippen LogP contribution in [-0.4, -0.2) is 63.9 Å². The Morgan fingerprint density at radius 3 is 2.37 bits per heavy atom. The summed E-state index contributed by atoms with van der Waals surface area (Å²) in [5.74, 6) is 3.80. The minimum absolute atomic E-state index is 0.269. The van der Waals surface area contributed by atoms with Crippen LogP contribution in [0.4, 0.5) is 0 Å². The highest BCUT2D eigenvalue weighted by Gasteiger charge is 2.56. The molecule has 6 rings (SSSR count). The summed E-state index contributed by atoms with van der Waals surface area (Å²) in [5.41, 5.74) is 0.569. The Morgan fingerprint density at radius 2 is 1.81 bits per heavy atom. The van der Waals surface area contributed by atoms with Gasteiger partial charge < -0.3 is 9.80 Å². The van der Waals surface area contributed by atoms with E-state index in [1.54, 1.807) is 23.5 Å². The Labute approximate surface area is 174 Å². The van der Waals surface area contributed by atoms with Gasteiger partial charge in [-0.25, -0.2) is 4.98 Å². The molecular formula is C19H29N4OS3+. The molecule has 1 saturated heterocycles. The molecule has 2 heterocycles. The maximum atomic E-state index is 12.6. The molecule has 1 aromatic rings. The summed E-state index contributed by atoms with van der Waals surface area (Å²) in [6, 6.07) is 0. The van der Waals surface area contributed by atoms with Crippen molar-refractivity contribution in [3.63, 3.8) is 0 Å². The van der Waals surface area contributed by atoms with E-state index in [-0.39, 0.29) is 5.91 Å². The topological polar surface area (TPSA) is 50.5 Å². The summed E-state index contributed by atoms with van der Waals surface area (Å²) in [7, 11) is 0. The predicted octanol–water partition coefficient (Wildman–Crippen LogP) is 2.05. The zero-order valence-corrected chi connectivity index (χ0v) is 18.4. The average molecular weight is 426 g/mol. The SMILES string of the molecule is CSc1nsc(SCC(=O)N2CC[NH+](C34CC5CC(CC(C5)C3)C4)CC2)n1. The number of rotatable bonds is 5. The standard InChI is InChI=1S/C19H28N4OS3/c1-25-17-20-18(27-21-17)26-12-16(24)22-2-4-23(5-3-22)19-9-13-6-14(10-19)8-15(7-13)11-19/h13-15H,2-12H2,1H3/p+1. The zero-order valence-electron chi connectivity index (χ0n) is 16.0. The van der Waals surface area contributed by atoms with E-state index in [0.717, 1.165) is 53.4 Å². The lowest BCUT2D eigenvalue weighted by Crippen LogP contribution is -3.23. The van der Waals surface area contributed by atoms with Crippen molar-refractivity contribution in [3.05, 3.63) is 0 Å². The maximum absolute atomic E-state index is 12.6. The fourth-order valence-corrected chi connectivity index (χ4v) is 8.77. The third-order valence-corrected chi connectivity index (χ3v) is 9.88. The molecule has 4 bridgehead atoms. The van der Waals surface area contributed by atoms with Crippen molar-refractivity contribution in [2.24, 2.45) is 17.8 Å². The van der Waals surface area contributed by atoms with Gasteiger partial charge in [-0.1, -0.05) is 23.5 Å².